The molecule has 0 aliphatic heterocycles. The molecule has 0 saturated carbocycles. The molecule has 1 heterocycles. The van der Waals surface area contributed by atoms with Crippen molar-refractivity contribution >= 4 is 11.8 Å². The molecule has 116 valence electrons. The number of nitrogens with one attached hydrogen (secondary N) is 1. The van der Waals surface area contributed by atoms with Crippen molar-refractivity contribution in [1.82, 2.24) is 10.1 Å². The summed E-state index contributed by atoms with van der Waals surface area (Å²) in [5.41, 5.74) is 3.50. The van der Waals surface area contributed by atoms with Crippen LogP contribution < -0.4 is 5.32 Å². The number of carbonyl (C=O) groups is 1. The van der Waals surface area contributed by atoms with Crippen LogP contribution in [0.1, 0.15) is 35.7 Å². The van der Waals surface area contributed by atoms with Crippen LogP contribution in [0.25, 0.3) is 0 Å². The van der Waals surface area contributed by atoms with E-state index < -0.39 is 0 Å². The molecule has 0 radical (unpaired) electrons. The van der Waals surface area contributed by atoms with E-state index in [0.717, 1.165) is 25.0 Å². The minimum absolute atomic E-state index is 0.0818. The molecule has 1 aromatic carbocycles. The summed E-state index contributed by atoms with van der Waals surface area (Å²) in [5, 5.41) is 6.51. The van der Waals surface area contributed by atoms with Crippen molar-refractivity contribution in [3.05, 3.63) is 47.2 Å². The summed E-state index contributed by atoms with van der Waals surface area (Å²) in [7, 11) is 2.00. The summed E-state index contributed by atoms with van der Waals surface area (Å²) in [4.78, 5) is 14.3. The molecule has 1 unspecified atom stereocenters. The summed E-state index contributed by atoms with van der Waals surface area (Å²) >= 11 is 0. The molecule has 1 atom stereocenters. The Morgan fingerprint density at radius 3 is 3.05 bits per heavy atom. The molecular formula is C17H21N3O2. The quantitative estimate of drug-likeness (QED) is 0.943. The highest BCUT2D eigenvalue weighted by atomic mass is 16.5. The van der Waals surface area contributed by atoms with Crippen LogP contribution in [0.15, 0.2) is 34.9 Å². The van der Waals surface area contributed by atoms with E-state index in [1.54, 1.807) is 6.07 Å². The molecule has 0 fully saturated rings. The van der Waals surface area contributed by atoms with Gasteiger partial charge in [-0.05, 0) is 44.4 Å². The fourth-order valence-corrected chi connectivity index (χ4v) is 3.12. The van der Waals surface area contributed by atoms with Gasteiger partial charge in [-0.2, -0.15) is 0 Å². The van der Waals surface area contributed by atoms with Crippen LogP contribution in [0.5, 0.6) is 0 Å². The van der Waals surface area contributed by atoms with Gasteiger partial charge in [0.1, 0.15) is 0 Å². The number of hydrogen-bond donors (Lipinski definition) is 1. The van der Waals surface area contributed by atoms with E-state index in [9.17, 15) is 4.79 Å². The largest absolute Gasteiger partial charge is 0.338 e. The number of carbonyl (C=O) groups excluding carboxylic acids is 1. The monoisotopic (exact) mass is 299 g/mol. The van der Waals surface area contributed by atoms with E-state index >= 15 is 0 Å². The highest BCUT2D eigenvalue weighted by molar-refractivity contribution is 5.90. The van der Waals surface area contributed by atoms with Gasteiger partial charge in [-0.3, -0.25) is 15.0 Å². The Hall–Kier alpha value is -2.14. The van der Waals surface area contributed by atoms with Gasteiger partial charge in [-0.1, -0.05) is 29.4 Å². The molecule has 3 rings (SSSR count). The van der Waals surface area contributed by atoms with Crippen LogP contribution in [0.3, 0.4) is 0 Å². The summed E-state index contributed by atoms with van der Waals surface area (Å²) in [5.74, 6) is 0.321. The number of benzene rings is 1. The second kappa shape index (κ2) is 6.32. The first-order chi connectivity index (χ1) is 10.6. The molecule has 22 heavy (non-hydrogen) atoms. The standard InChI is InChI=1S/C17H21N3O2/c1-12-10-17(22-19-12)18-16(21)11-20(2)15-9-5-7-13-6-3-4-8-14(13)15/h3-4,6,8,10,15H,5,7,9,11H2,1-2H3,(H,18,21). The number of aromatic nitrogens is 1. The van der Waals surface area contributed by atoms with E-state index in [-0.39, 0.29) is 5.91 Å². The number of likely N-dealkylation sites (N-methyl/N-ethyl adjacent to an activating group) is 1. The van der Waals surface area contributed by atoms with Crippen molar-refractivity contribution in [2.75, 3.05) is 18.9 Å². The molecule has 1 amide bonds. The third kappa shape index (κ3) is 3.20. The van der Waals surface area contributed by atoms with Crippen molar-refractivity contribution in [3.63, 3.8) is 0 Å². The van der Waals surface area contributed by atoms with E-state index in [1.807, 2.05) is 14.0 Å². The molecule has 1 N–H and O–H groups in total. The number of aryl methyl sites for hydroxylation is 2. The molecule has 2 aromatic rings. The molecule has 1 aliphatic rings. The maximum Gasteiger partial charge on any atom is 0.240 e. The van der Waals surface area contributed by atoms with Crippen LogP contribution in [-0.4, -0.2) is 29.6 Å². The first-order valence-corrected chi connectivity index (χ1v) is 7.64. The van der Waals surface area contributed by atoms with Gasteiger partial charge < -0.3 is 4.52 Å². The molecule has 1 aromatic heterocycles. The average Bonchev–Trinajstić information content (AvgIpc) is 2.91. The second-order valence-corrected chi connectivity index (χ2v) is 5.90. The lowest BCUT2D eigenvalue weighted by Crippen LogP contribution is -2.34. The Balaban J connectivity index is 1.65. The summed E-state index contributed by atoms with van der Waals surface area (Å²) in [6, 6.07) is 10.5. The van der Waals surface area contributed by atoms with E-state index in [2.05, 4.69) is 39.6 Å². The normalized spacial score (nSPS) is 17.3. The van der Waals surface area contributed by atoms with Crippen LogP contribution in [0.4, 0.5) is 5.88 Å². The first kappa shape index (κ1) is 14.8. The summed E-state index contributed by atoms with van der Waals surface area (Å²) in [6.07, 6.45) is 3.38. The van der Waals surface area contributed by atoms with E-state index in [0.29, 0.717) is 18.5 Å². The number of rotatable bonds is 4. The fourth-order valence-electron chi connectivity index (χ4n) is 3.12. The first-order valence-electron chi connectivity index (χ1n) is 7.64. The predicted octanol–water partition coefficient (Wildman–Crippen LogP) is 2.93. The maximum absolute atomic E-state index is 12.1. The third-order valence-electron chi connectivity index (χ3n) is 4.15. The minimum atomic E-state index is -0.0818. The lowest BCUT2D eigenvalue weighted by molar-refractivity contribution is -0.117. The van der Waals surface area contributed by atoms with Gasteiger partial charge in [0.05, 0.1) is 12.2 Å². The molecule has 1 aliphatic carbocycles. The van der Waals surface area contributed by atoms with E-state index in [1.165, 1.54) is 11.1 Å². The topological polar surface area (TPSA) is 58.4 Å². The molecule has 5 nitrogen and oxygen atoms in total. The minimum Gasteiger partial charge on any atom is -0.338 e. The smallest absolute Gasteiger partial charge is 0.240 e. The van der Waals surface area contributed by atoms with Crippen molar-refractivity contribution in [2.24, 2.45) is 0 Å². The average molecular weight is 299 g/mol. The van der Waals surface area contributed by atoms with Crippen LogP contribution in [0.2, 0.25) is 0 Å². The van der Waals surface area contributed by atoms with Gasteiger partial charge in [-0.25, -0.2) is 0 Å². The number of amides is 1. The maximum atomic E-state index is 12.1. The lowest BCUT2D eigenvalue weighted by Gasteiger charge is -2.32. The Morgan fingerprint density at radius 2 is 2.27 bits per heavy atom. The number of fused-ring (bicyclic) bond motifs is 1. The molecule has 0 spiro atoms. The fraction of sp³-hybridized carbons (Fsp3) is 0.412. The SMILES string of the molecule is Cc1cc(NC(=O)CN(C)C2CCCc3ccccc32)on1. The van der Waals surface area contributed by atoms with Gasteiger partial charge in [0.15, 0.2) is 0 Å². The van der Waals surface area contributed by atoms with Crippen LogP contribution in [0, 0.1) is 6.92 Å². The number of hydrogen-bond acceptors (Lipinski definition) is 4. The molecule has 0 saturated heterocycles. The van der Waals surface area contributed by atoms with Gasteiger partial charge in [0.25, 0.3) is 0 Å². The lowest BCUT2D eigenvalue weighted by atomic mass is 9.87. The van der Waals surface area contributed by atoms with Gasteiger partial charge >= 0.3 is 0 Å². The molecular weight excluding hydrogens is 278 g/mol. The van der Waals surface area contributed by atoms with Crippen molar-refractivity contribution in [3.8, 4) is 0 Å². The Kier molecular flexibility index (Phi) is 4.24. The zero-order valence-electron chi connectivity index (χ0n) is 13.0. The zero-order chi connectivity index (χ0) is 15.5. The predicted molar refractivity (Wildman–Crippen MR) is 84.6 cm³/mol. The highest BCUT2D eigenvalue weighted by Crippen LogP contribution is 2.33. The summed E-state index contributed by atoms with van der Waals surface area (Å²) < 4.78 is 5.02. The molecule has 0 bridgehead atoms. The van der Waals surface area contributed by atoms with Crippen LogP contribution >= 0.6 is 0 Å². The van der Waals surface area contributed by atoms with Crippen molar-refractivity contribution < 1.29 is 9.32 Å². The summed E-state index contributed by atoms with van der Waals surface area (Å²) in [6.45, 7) is 2.16. The zero-order valence-corrected chi connectivity index (χ0v) is 13.0. The van der Waals surface area contributed by atoms with Gasteiger partial charge in [0.2, 0.25) is 11.8 Å². The second-order valence-electron chi connectivity index (χ2n) is 5.90. The van der Waals surface area contributed by atoms with Crippen molar-refractivity contribution in [1.29, 1.82) is 0 Å². The molecule has 5 heteroatoms. The number of anilines is 1. The number of nitrogens with zero attached hydrogens (tertiary/aromatic N) is 2. The third-order valence-corrected chi connectivity index (χ3v) is 4.15. The Morgan fingerprint density at radius 1 is 1.45 bits per heavy atom. The van der Waals surface area contributed by atoms with Crippen LogP contribution in [-0.2, 0) is 11.2 Å². The Bertz CT molecular complexity index is 665. The van der Waals surface area contributed by atoms with Gasteiger partial charge in [-0.15, -0.1) is 0 Å². The Labute approximate surface area is 130 Å². The highest BCUT2D eigenvalue weighted by Gasteiger charge is 2.24. The van der Waals surface area contributed by atoms with Crippen molar-refractivity contribution in [2.45, 2.75) is 32.2 Å². The van der Waals surface area contributed by atoms with E-state index in [4.69, 9.17) is 4.52 Å². The van der Waals surface area contributed by atoms with Gasteiger partial charge in [0, 0.05) is 12.1 Å².